The summed E-state index contributed by atoms with van der Waals surface area (Å²) in [4.78, 5) is 9.29. The van der Waals surface area contributed by atoms with Crippen LogP contribution in [0.1, 0.15) is 0 Å². The Hall–Kier alpha value is -4.17. The molecule has 8 nitrogen and oxygen atoms in total. The van der Waals surface area contributed by atoms with E-state index in [0.717, 1.165) is 22.2 Å². The summed E-state index contributed by atoms with van der Waals surface area (Å²) in [5, 5.41) is 13.1. The minimum atomic E-state index is 0.209. The van der Waals surface area contributed by atoms with Gasteiger partial charge >= 0.3 is 0 Å². The Kier molecular flexibility index (Phi) is 5.50. The van der Waals surface area contributed by atoms with Crippen molar-refractivity contribution in [3.63, 3.8) is 0 Å². The molecular weight excluding hydrogens is 442 g/mol. The van der Waals surface area contributed by atoms with Crippen LogP contribution in [0, 0.1) is 0 Å². The number of benzene rings is 3. The summed E-state index contributed by atoms with van der Waals surface area (Å²) in [6.45, 7) is 0. The Bertz CT molecular complexity index is 1440. The van der Waals surface area contributed by atoms with Gasteiger partial charge in [0, 0.05) is 27.7 Å². The standard InChI is InChI=1S/C24H18ClN5O3/c1-31-19-12-11-16(13-20(19)32-2)26-21-17-5-3-4-6-18(17)27-22(28-21)24-30-29-23(33-24)14-7-9-15(25)10-8-14/h3-13H,1-2H3,(H,26,27,28). The number of hydrogen-bond acceptors (Lipinski definition) is 8. The quantitative estimate of drug-likeness (QED) is 0.342. The van der Waals surface area contributed by atoms with Gasteiger partial charge in [-0.25, -0.2) is 9.97 Å². The zero-order chi connectivity index (χ0) is 22.8. The molecule has 5 rings (SSSR count). The molecule has 1 N–H and O–H groups in total. The molecular formula is C24H18ClN5O3. The molecule has 0 aliphatic rings. The number of nitrogens with one attached hydrogen (secondary N) is 1. The van der Waals surface area contributed by atoms with Crippen LogP contribution < -0.4 is 14.8 Å². The molecule has 164 valence electrons. The fourth-order valence-corrected chi connectivity index (χ4v) is 3.47. The first-order chi connectivity index (χ1) is 16.1. The second-order valence-electron chi connectivity index (χ2n) is 7.03. The lowest BCUT2D eigenvalue weighted by Crippen LogP contribution is -2.00. The van der Waals surface area contributed by atoms with Gasteiger partial charge in [0.2, 0.25) is 11.7 Å². The lowest BCUT2D eigenvalue weighted by Gasteiger charge is -2.12. The van der Waals surface area contributed by atoms with Gasteiger partial charge in [0.05, 0.1) is 19.7 Å². The molecule has 33 heavy (non-hydrogen) atoms. The fraction of sp³-hybridized carbons (Fsp3) is 0.0833. The molecule has 0 saturated carbocycles. The van der Waals surface area contributed by atoms with Crippen LogP contribution in [0.4, 0.5) is 11.5 Å². The van der Waals surface area contributed by atoms with Gasteiger partial charge < -0.3 is 19.2 Å². The van der Waals surface area contributed by atoms with Crippen molar-refractivity contribution < 1.29 is 13.9 Å². The maximum absolute atomic E-state index is 5.97. The third kappa shape index (κ3) is 4.16. The van der Waals surface area contributed by atoms with Crippen molar-refractivity contribution in [3.8, 4) is 34.7 Å². The van der Waals surface area contributed by atoms with E-state index in [1.807, 2.05) is 54.6 Å². The third-order valence-corrected chi connectivity index (χ3v) is 5.21. The van der Waals surface area contributed by atoms with Crippen molar-refractivity contribution in [1.82, 2.24) is 20.2 Å². The van der Waals surface area contributed by atoms with Crippen molar-refractivity contribution in [2.45, 2.75) is 0 Å². The van der Waals surface area contributed by atoms with Crippen LogP contribution >= 0.6 is 11.6 Å². The van der Waals surface area contributed by atoms with Gasteiger partial charge in [-0.3, -0.25) is 0 Å². The summed E-state index contributed by atoms with van der Waals surface area (Å²) in [6, 6.07) is 20.4. The second kappa shape index (κ2) is 8.76. The van der Waals surface area contributed by atoms with Gasteiger partial charge in [-0.05, 0) is 48.5 Å². The molecule has 2 aromatic heterocycles. The molecule has 0 unspecified atom stereocenters. The highest BCUT2D eigenvalue weighted by molar-refractivity contribution is 6.30. The van der Waals surface area contributed by atoms with Crippen LogP contribution in [0.5, 0.6) is 11.5 Å². The number of aromatic nitrogens is 4. The van der Waals surface area contributed by atoms with E-state index >= 15 is 0 Å². The minimum absolute atomic E-state index is 0.209. The maximum atomic E-state index is 5.97. The number of nitrogens with zero attached hydrogens (tertiary/aromatic N) is 4. The van der Waals surface area contributed by atoms with Crippen LogP contribution in [0.25, 0.3) is 34.1 Å². The van der Waals surface area contributed by atoms with E-state index in [1.165, 1.54) is 0 Å². The van der Waals surface area contributed by atoms with Crippen molar-refractivity contribution in [3.05, 3.63) is 71.8 Å². The average molecular weight is 460 g/mol. The number of para-hydroxylation sites is 1. The van der Waals surface area contributed by atoms with Crippen molar-refractivity contribution >= 4 is 34.0 Å². The molecule has 5 aromatic rings. The van der Waals surface area contributed by atoms with Crippen LogP contribution in [0.2, 0.25) is 5.02 Å². The van der Waals surface area contributed by atoms with Gasteiger partial charge in [-0.1, -0.05) is 23.7 Å². The van der Waals surface area contributed by atoms with Crippen LogP contribution in [-0.4, -0.2) is 34.4 Å². The summed E-state index contributed by atoms with van der Waals surface area (Å²) >= 11 is 5.97. The number of ether oxygens (including phenoxy) is 2. The van der Waals surface area contributed by atoms with E-state index in [2.05, 4.69) is 25.5 Å². The summed E-state index contributed by atoms with van der Waals surface area (Å²) in [5.41, 5.74) is 2.26. The van der Waals surface area contributed by atoms with E-state index in [1.54, 1.807) is 26.4 Å². The van der Waals surface area contributed by atoms with Gasteiger partial charge in [0.15, 0.2) is 11.5 Å². The fourth-order valence-electron chi connectivity index (χ4n) is 3.34. The van der Waals surface area contributed by atoms with Gasteiger partial charge in [-0.2, -0.15) is 0 Å². The number of rotatable bonds is 6. The Balaban J connectivity index is 1.55. The first-order valence-corrected chi connectivity index (χ1v) is 10.4. The zero-order valence-corrected chi connectivity index (χ0v) is 18.5. The van der Waals surface area contributed by atoms with E-state index in [-0.39, 0.29) is 5.89 Å². The topological polar surface area (TPSA) is 95.2 Å². The summed E-state index contributed by atoms with van der Waals surface area (Å²) in [6.07, 6.45) is 0. The molecule has 0 bridgehead atoms. The van der Waals surface area contributed by atoms with E-state index in [4.69, 9.17) is 25.5 Å². The number of hydrogen-bond donors (Lipinski definition) is 1. The lowest BCUT2D eigenvalue weighted by atomic mass is 10.2. The number of halogens is 1. The molecule has 9 heteroatoms. The van der Waals surface area contributed by atoms with Crippen LogP contribution in [-0.2, 0) is 0 Å². The third-order valence-electron chi connectivity index (χ3n) is 4.96. The molecule has 0 radical (unpaired) electrons. The molecule has 2 heterocycles. The summed E-state index contributed by atoms with van der Waals surface area (Å²) < 4.78 is 16.6. The first kappa shape index (κ1) is 20.7. The minimum Gasteiger partial charge on any atom is -0.493 e. The maximum Gasteiger partial charge on any atom is 0.286 e. The van der Waals surface area contributed by atoms with Crippen molar-refractivity contribution in [2.24, 2.45) is 0 Å². The monoisotopic (exact) mass is 459 g/mol. The van der Waals surface area contributed by atoms with Gasteiger partial charge in [0.1, 0.15) is 5.82 Å². The van der Waals surface area contributed by atoms with Gasteiger partial charge in [0.25, 0.3) is 5.89 Å². The molecule has 0 saturated heterocycles. The molecule has 0 aliphatic heterocycles. The molecule has 0 atom stereocenters. The normalized spacial score (nSPS) is 10.9. The summed E-state index contributed by atoms with van der Waals surface area (Å²) in [7, 11) is 3.19. The highest BCUT2D eigenvalue weighted by Crippen LogP contribution is 2.33. The number of fused-ring (bicyclic) bond motifs is 1. The predicted octanol–water partition coefficient (Wildman–Crippen LogP) is 5.76. The first-order valence-electron chi connectivity index (χ1n) is 10.0. The van der Waals surface area contributed by atoms with E-state index < -0.39 is 0 Å². The molecule has 0 spiro atoms. The van der Waals surface area contributed by atoms with Crippen LogP contribution in [0.15, 0.2) is 71.1 Å². The van der Waals surface area contributed by atoms with E-state index in [0.29, 0.717) is 34.1 Å². The number of methoxy groups -OCH3 is 2. The zero-order valence-electron chi connectivity index (χ0n) is 17.7. The lowest BCUT2D eigenvalue weighted by molar-refractivity contribution is 0.355. The highest BCUT2D eigenvalue weighted by atomic mass is 35.5. The Morgan fingerprint density at radius 1 is 0.818 bits per heavy atom. The summed E-state index contributed by atoms with van der Waals surface area (Å²) in [5.74, 6) is 2.70. The molecule has 0 fully saturated rings. The molecule has 3 aromatic carbocycles. The predicted molar refractivity (Wildman–Crippen MR) is 126 cm³/mol. The van der Waals surface area contributed by atoms with Crippen LogP contribution in [0.3, 0.4) is 0 Å². The Morgan fingerprint density at radius 3 is 2.36 bits per heavy atom. The highest BCUT2D eigenvalue weighted by Gasteiger charge is 2.17. The molecule has 0 amide bonds. The largest absolute Gasteiger partial charge is 0.493 e. The second-order valence-corrected chi connectivity index (χ2v) is 7.46. The Morgan fingerprint density at radius 2 is 1.58 bits per heavy atom. The Labute approximate surface area is 194 Å². The van der Waals surface area contributed by atoms with Gasteiger partial charge in [-0.15, -0.1) is 10.2 Å². The number of anilines is 2. The van der Waals surface area contributed by atoms with Crippen molar-refractivity contribution in [2.75, 3.05) is 19.5 Å². The smallest absolute Gasteiger partial charge is 0.286 e. The van der Waals surface area contributed by atoms with Crippen molar-refractivity contribution in [1.29, 1.82) is 0 Å². The average Bonchev–Trinajstić information content (AvgIpc) is 3.35. The SMILES string of the molecule is COc1ccc(Nc2nc(-c3nnc(-c4ccc(Cl)cc4)o3)nc3ccccc23)cc1OC. The molecule has 0 aliphatic carbocycles. The van der Waals surface area contributed by atoms with E-state index in [9.17, 15) is 0 Å².